The van der Waals surface area contributed by atoms with Crippen molar-refractivity contribution in [2.24, 2.45) is 0 Å². The van der Waals surface area contributed by atoms with Gasteiger partial charge in [-0.1, -0.05) is 34.1 Å². The van der Waals surface area contributed by atoms with E-state index in [0.717, 1.165) is 10.0 Å². The number of hydrogen-bond donors (Lipinski definition) is 0. The highest BCUT2D eigenvalue weighted by Crippen LogP contribution is 2.37. The average Bonchev–Trinajstić information content (AvgIpc) is 2.83. The van der Waals surface area contributed by atoms with Crippen LogP contribution in [0.4, 0.5) is 0 Å². The van der Waals surface area contributed by atoms with Gasteiger partial charge in [0.25, 0.3) is 0 Å². The molecule has 2 rings (SSSR count). The summed E-state index contributed by atoms with van der Waals surface area (Å²) < 4.78 is 5.88. The van der Waals surface area contributed by atoms with E-state index in [2.05, 4.69) is 22.0 Å². The van der Waals surface area contributed by atoms with Crippen molar-refractivity contribution in [1.29, 1.82) is 5.26 Å². The summed E-state index contributed by atoms with van der Waals surface area (Å²) >= 11 is 4.68. The molecule has 1 heterocycles. The van der Waals surface area contributed by atoms with Crippen molar-refractivity contribution in [3.05, 3.63) is 44.6 Å². The van der Waals surface area contributed by atoms with Crippen LogP contribution in [-0.4, -0.2) is 12.6 Å². The molecule has 0 spiro atoms. The second kappa shape index (κ2) is 6.00. The van der Waals surface area contributed by atoms with Gasteiger partial charge in [0.2, 0.25) is 0 Å². The molecular formula is C14H10BrNO2S. The van der Waals surface area contributed by atoms with E-state index in [1.54, 1.807) is 12.3 Å². The zero-order valence-electron chi connectivity index (χ0n) is 10.1. The Kier molecular flexibility index (Phi) is 4.35. The minimum atomic E-state index is -0.389. The second-order valence-electron chi connectivity index (χ2n) is 3.67. The number of carbonyl (C=O) groups excluding carboxylic acids is 1. The lowest BCUT2D eigenvalue weighted by Crippen LogP contribution is -2.04. The lowest BCUT2D eigenvalue weighted by molar-refractivity contribution is 0.0533. The maximum absolute atomic E-state index is 11.9. The van der Waals surface area contributed by atoms with Crippen molar-refractivity contribution in [3.8, 4) is 17.2 Å². The van der Waals surface area contributed by atoms with Gasteiger partial charge in [0.05, 0.1) is 12.2 Å². The van der Waals surface area contributed by atoms with Crippen molar-refractivity contribution >= 4 is 33.2 Å². The number of thiophene rings is 1. The van der Waals surface area contributed by atoms with Crippen LogP contribution in [0.25, 0.3) is 11.1 Å². The highest BCUT2D eigenvalue weighted by atomic mass is 79.9. The Labute approximate surface area is 123 Å². The molecule has 2 aromatic rings. The van der Waals surface area contributed by atoms with Crippen molar-refractivity contribution in [1.82, 2.24) is 0 Å². The number of nitriles is 1. The third kappa shape index (κ3) is 2.70. The van der Waals surface area contributed by atoms with Crippen molar-refractivity contribution < 1.29 is 9.53 Å². The molecule has 0 aliphatic heterocycles. The Hall–Kier alpha value is -1.64. The van der Waals surface area contributed by atoms with Gasteiger partial charge < -0.3 is 4.74 Å². The summed E-state index contributed by atoms with van der Waals surface area (Å²) in [6.07, 6.45) is 0. The molecule has 3 nitrogen and oxygen atoms in total. The molecule has 0 atom stereocenters. The van der Waals surface area contributed by atoms with Crippen molar-refractivity contribution in [2.45, 2.75) is 6.92 Å². The van der Waals surface area contributed by atoms with E-state index in [4.69, 9.17) is 4.74 Å². The lowest BCUT2D eigenvalue weighted by atomic mass is 10.0. The summed E-state index contributed by atoms with van der Waals surface area (Å²) in [5.41, 5.74) is 1.95. The highest BCUT2D eigenvalue weighted by Gasteiger charge is 2.21. The average molecular weight is 336 g/mol. The molecule has 1 aromatic carbocycles. The fourth-order valence-electron chi connectivity index (χ4n) is 1.72. The normalized spacial score (nSPS) is 9.95. The van der Waals surface area contributed by atoms with Gasteiger partial charge in [-0.05, 0) is 18.6 Å². The Morgan fingerprint density at radius 2 is 2.21 bits per heavy atom. The largest absolute Gasteiger partial charge is 0.462 e. The standard InChI is InChI=1S/C14H10BrNO2S/c1-2-18-14(17)13-12(9(7-16)8-19-13)10-5-3-4-6-11(10)15/h3-6,8H,2H2,1H3. The van der Waals surface area contributed by atoms with Gasteiger partial charge in [0.15, 0.2) is 0 Å². The molecule has 0 amide bonds. The van der Waals surface area contributed by atoms with Crippen molar-refractivity contribution in [3.63, 3.8) is 0 Å². The predicted octanol–water partition coefficient (Wildman–Crippen LogP) is 4.23. The van der Waals surface area contributed by atoms with Crippen LogP contribution < -0.4 is 0 Å². The molecule has 0 aliphatic rings. The predicted molar refractivity (Wildman–Crippen MR) is 78.1 cm³/mol. The zero-order chi connectivity index (χ0) is 13.8. The van der Waals surface area contributed by atoms with E-state index in [9.17, 15) is 10.1 Å². The first-order valence-corrected chi connectivity index (χ1v) is 7.30. The van der Waals surface area contributed by atoms with Crippen LogP contribution in [0.3, 0.4) is 0 Å². The number of hydrogen-bond acceptors (Lipinski definition) is 4. The zero-order valence-corrected chi connectivity index (χ0v) is 12.5. The fraction of sp³-hybridized carbons (Fsp3) is 0.143. The molecule has 19 heavy (non-hydrogen) atoms. The molecule has 0 saturated carbocycles. The van der Waals surface area contributed by atoms with Gasteiger partial charge in [-0.3, -0.25) is 0 Å². The lowest BCUT2D eigenvalue weighted by Gasteiger charge is -2.06. The molecular weight excluding hydrogens is 326 g/mol. The Bertz CT molecular complexity index is 658. The quantitative estimate of drug-likeness (QED) is 0.789. The van der Waals surface area contributed by atoms with E-state index in [1.165, 1.54) is 11.3 Å². The molecule has 0 N–H and O–H groups in total. The van der Waals surface area contributed by atoms with Gasteiger partial charge in [0.1, 0.15) is 10.9 Å². The first-order chi connectivity index (χ1) is 9.19. The molecule has 0 radical (unpaired) electrons. The topological polar surface area (TPSA) is 50.1 Å². The summed E-state index contributed by atoms with van der Waals surface area (Å²) in [5, 5.41) is 10.9. The van der Waals surface area contributed by atoms with Crippen LogP contribution in [0, 0.1) is 11.3 Å². The molecule has 96 valence electrons. The van der Waals surface area contributed by atoms with Crippen LogP contribution in [-0.2, 0) is 4.74 Å². The Morgan fingerprint density at radius 3 is 2.84 bits per heavy atom. The van der Waals surface area contributed by atoms with Gasteiger partial charge in [-0.2, -0.15) is 5.26 Å². The van der Waals surface area contributed by atoms with Gasteiger partial charge in [0, 0.05) is 15.4 Å². The number of ether oxygens (including phenoxy) is 1. The summed E-state index contributed by atoms with van der Waals surface area (Å²) in [7, 11) is 0. The highest BCUT2D eigenvalue weighted by molar-refractivity contribution is 9.10. The Morgan fingerprint density at radius 1 is 1.47 bits per heavy atom. The molecule has 0 aliphatic carbocycles. The van der Waals surface area contributed by atoms with E-state index < -0.39 is 0 Å². The molecule has 0 bridgehead atoms. The number of esters is 1. The monoisotopic (exact) mass is 335 g/mol. The summed E-state index contributed by atoms with van der Waals surface area (Å²) in [4.78, 5) is 12.4. The summed E-state index contributed by atoms with van der Waals surface area (Å²) in [6, 6.07) is 9.62. The van der Waals surface area contributed by atoms with E-state index >= 15 is 0 Å². The number of rotatable bonds is 3. The van der Waals surface area contributed by atoms with Crippen LogP contribution in [0.1, 0.15) is 22.2 Å². The first-order valence-electron chi connectivity index (χ1n) is 5.62. The number of benzene rings is 1. The first kappa shape index (κ1) is 13.8. The number of halogens is 1. The van der Waals surface area contributed by atoms with Gasteiger partial charge >= 0.3 is 5.97 Å². The minimum absolute atomic E-state index is 0.314. The summed E-state index contributed by atoms with van der Waals surface area (Å²) in [6.45, 7) is 2.07. The molecule has 0 unspecified atom stereocenters. The molecule has 5 heteroatoms. The van der Waals surface area contributed by atoms with Crippen LogP contribution in [0.15, 0.2) is 34.1 Å². The molecule has 0 saturated heterocycles. The van der Waals surface area contributed by atoms with E-state index in [-0.39, 0.29) is 5.97 Å². The molecule has 0 fully saturated rings. The number of nitrogens with zero attached hydrogens (tertiary/aromatic N) is 1. The third-order valence-electron chi connectivity index (χ3n) is 2.52. The Balaban J connectivity index is 2.62. The van der Waals surface area contributed by atoms with E-state index in [0.29, 0.717) is 22.6 Å². The second-order valence-corrected chi connectivity index (χ2v) is 5.40. The maximum atomic E-state index is 11.9. The van der Waals surface area contributed by atoms with Gasteiger partial charge in [-0.15, -0.1) is 11.3 Å². The SMILES string of the molecule is CCOC(=O)c1scc(C#N)c1-c1ccccc1Br. The van der Waals surface area contributed by atoms with Crippen LogP contribution >= 0.6 is 27.3 Å². The third-order valence-corrected chi connectivity index (χ3v) is 4.17. The van der Waals surface area contributed by atoms with Crippen LogP contribution in [0.5, 0.6) is 0 Å². The van der Waals surface area contributed by atoms with E-state index in [1.807, 2.05) is 24.3 Å². The maximum Gasteiger partial charge on any atom is 0.348 e. The van der Waals surface area contributed by atoms with Gasteiger partial charge in [-0.25, -0.2) is 4.79 Å². The minimum Gasteiger partial charge on any atom is -0.462 e. The smallest absolute Gasteiger partial charge is 0.348 e. The fourth-order valence-corrected chi connectivity index (χ4v) is 3.10. The molecule has 1 aromatic heterocycles. The van der Waals surface area contributed by atoms with Crippen LogP contribution in [0.2, 0.25) is 0 Å². The number of carbonyl (C=O) groups is 1. The summed E-state index contributed by atoms with van der Waals surface area (Å²) in [5.74, 6) is -0.389. The van der Waals surface area contributed by atoms with Crippen molar-refractivity contribution in [2.75, 3.05) is 6.61 Å².